The van der Waals surface area contributed by atoms with E-state index < -0.39 is 10.1 Å². The Morgan fingerprint density at radius 2 is 2.07 bits per heavy atom. The summed E-state index contributed by atoms with van der Waals surface area (Å²) < 4.78 is 42.4. The van der Waals surface area contributed by atoms with Crippen molar-refractivity contribution in [1.29, 1.82) is 0 Å². The summed E-state index contributed by atoms with van der Waals surface area (Å²) in [6, 6.07) is 4.23. The normalized spacial score (nSPS) is 12.2. The lowest BCUT2D eigenvalue weighted by Crippen LogP contribution is -2.00. The highest BCUT2D eigenvalue weighted by molar-refractivity contribution is 7.85. The van der Waals surface area contributed by atoms with Crippen LogP contribution in [0.15, 0.2) is 29.4 Å². The fourth-order valence-electron chi connectivity index (χ4n) is 1.10. The van der Waals surface area contributed by atoms with Crippen molar-refractivity contribution in [3.63, 3.8) is 0 Å². The van der Waals surface area contributed by atoms with E-state index >= 15 is 0 Å². The molecule has 0 bridgehead atoms. The summed E-state index contributed by atoms with van der Waals surface area (Å²) in [5.74, 6) is 0. The number of aryl methyl sites for hydroxylation is 1. The minimum Gasteiger partial charge on any atom is -0.282 e. The fraction of sp³-hybridized carbons (Fsp3) is 0.111. The summed E-state index contributed by atoms with van der Waals surface area (Å²) in [6.07, 6.45) is 1.21. The zero-order valence-corrected chi connectivity index (χ0v) is 8.25. The zero-order valence-electron chi connectivity index (χ0n) is 7.44. The largest absolute Gasteiger partial charge is 0.295 e. The molecule has 0 saturated carbocycles. The molecular formula is C9H9FO3S. The van der Waals surface area contributed by atoms with Crippen LogP contribution < -0.4 is 0 Å². The molecule has 14 heavy (non-hydrogen) atoms. The van der Waals surface area contributed by atoms with Crippen LogP contribution in [0.25, 0.3) is 6.08 Å². The molecule has 5 heteroatoms. The third-order valence-electron chi connectivity index (χ3n) is 1.69. The summed E-state index contributed by atoms with van der Waals surface area (Å²) in [5.41, 5.74) is 0.917. The molecule has 0 radical (unpaired) electrons. The monoisotopic (exact) mass is 216 g/mol. The SMILES string of the molecule is Cc1ccc(S(=O)(=O)O)c(/C=C/F)c1. The van der Waals surface area contributed by atoms with E-state index in [4.69, 9.17) is 4.55 Å². The smallest absolute Gasteiger partial charge is 0.282 e. The molecule has 0 aliphatic heterocycles. The molecule has 3 nitrogen and oxygen atoms in total. The predicted octanol–water partition coefficient (Wildman–Crippen LogP) is 2.18. The van der Waals surface area contributed by atoms with Gasteiger partial charge in [-0.05, 0) is 24.6 Å². The van der Waals surface area contributed by atoms with Crippen LogP contribution in [0.3, 0.4) is 0 Å². The first-order valence-corrected chi connectivity index (χ1v) is 5.24. The molecule has 0 amide bonds. The van der Waals surface area contributed by atoms with Gasteiger partial charge in [0.1, 0.15) is 4.90 Å². The van der Waals surface area contributed by atoms with Gasteiger partial charge in [0.05, 0.1) is 6.33 Å². The van der Waals surface area contributed by atoms with E-state index in [1.807, 2.05) is 0 Å². The van der Waals surface area contributed by atoms with Crippen molar-refractivity contribution in [3.8, 4) is 0 Å². The fourth-order valence-corrected chi connectivity index (χ4v) is 1.77. The van der Waals surface area contributed by atoms with Gasteiger partial charge in [-0.25, -0.2) is 4.39 Å². The highest BCUT2D eigenvalue weighted by Gasteiger charge is 2.13. The Morgan fingerprint density at radius 3 is 2.57 bits per heavy atom. The summed E-state index contributed by atoms with van der Waals surface area (Å²) >= 11 is 0. The molecule has 0 spiro atoms. The van der Waals surface area contributed by atoms with Crippen molar-refractivity contribution in [2.45, 2.75) is 11.8 Å². The van der Waals surface area contributed by atoms with E-state index in [0.717, 1.165) is 11.6 Å². The second kappa shape index (κ2) is 3.89. The quantitative estimate of drug-likeness (QED) is 0.771. The maximum Gasteiger partial charge on any atom is 0.295 e. The van der Waals surface area contributed by atoms with Crippen LogP contribution in [-0.2, 0) is 10.1 Å². The van der Waals surface area contributed by atoms with Crippen LogP contribution in [0.2, 0.25) is 0 Å². The minimum absolute atomic E-state index is 0.134. The van der Waals surface area contributed by atoms with Crippen LogP contribution >= 0.6 is 0 Å². The average molecular weight is 216 g/mol. The Kier molecular flexibility index (Phi) is 3.03. The minimum atomic E-state index is -4.29. The van der Waals surface area contributed by atoms with Gasteiger partial charge >= 0.3 is 0 Å². The molecule has 0 fully saturated rings. The lowest BCUT2D eigenvalue weighted by molar-refractivity contribution is 0.483. The molecular weight excluding hydrogens is 207 g/mol. The van der Waals surface area contributed by atoms with Crippen molar-refractivity contribution in [3.05, 3.63) is 35.7 Å². The van der Waals surface area contributed by atoms with Gasteiger partial charge in [0.25, 0.3) is 10.1 Å². The van der Waals surface area contributed by atoms with Gasteiger partial charge < -0.3 is 0 Å². The lowest BCUT2D eigenvalue weighted by atomic mass is 10.1. The van der Waals surface area contributed by atoms with E-state index in [2.05, 4.69) is 0 Å². The van der Waals surface area contributed by atoms with Crippen LogP contribution in [0.4, 0.5) is 4.39 Å². The first kappa shape index (κ1) is 10.9. The summed E-state index contributed by atoms with van der Waals surface area (Å²) in [4.78, 5) is -0.294. The van der Waals surface area contributed by atoms with Gasteiger partial charge in [-0.3, -0.25) is 4.55 Å². The molecule has 1 rings (SSSR count). The van der Waals surface area contributed by atoms with Crippen LogP contribution in [-0.4, -0.2) is 13.0 Å². The van der Waals surface area contributed by atoms with Crippen molar-refractivity contribution in [1.82, 2.24) is 0 Å². The third-order valence-corrected chi connectivity index (χ3v) is 2.61. The van der Waals surface area contributed by atoms with E-state index in [9.17, 15) is 12.8 Å². The van der Waals surface area contributed by atoms with E-state index in [1.54, 1.807) is 6.92 Å². The number of rotatable bonds is 2. The molecule has 0 heterocycles. The van der Waals surface area contributed by atoms with Gasteiger partial charge in [-0.15, -0.1) is 0 Å². The summed E-state index contributed by atoms with van der Waals surface area (Å²) in [5, 5.41) is 0. The maximum atomic E-state index is 11.9. The second-order valence-electron chi connectivity index (χ2n) is 2.81. The molecule has 0 aliphatic rings. The molecule has 0 saturated heterocycles. The van der Waals surface area contributed by atoms with Gasteiger partial charge in [0.2, 0.25) is 0 Å². The average Bonchev–Trinajstić information content (AvgIpc) is 2.02. The Balaban J connectivity index is 3.44. The standard InChI is InChI=1S/C9H9FO3S/c1-7-2-3-9(14(11,12)13)8(6-7)4-5-10/h2-6H,1H3,(H,11,12,13)/b5-4+. The van der Waals surface area contributed by atoms with Crippen molar-refractivity contribution in [2.24, 2.45) is 0 Å². The first-order chi connectivity index (χ1) is 6.45. The predicted molar refractivity (Wildman–Crippen MR) is 51.1 cm³/mol. The van der Waals surface area contributed by atoms with Crippen LogP contribution in [0, 0.1) is 6.92 Å². The van der Waals surface area contributed by atoms with Gasteiger partial charge in [-0.1, -0.05) is 17.7 Å². The van der Waals surface area contributed by atoms with Gasteiger partial charge in [-0.2, -0.15) is 8.42 Å². The molecule has 1 aromatic carbocycles. The van der Waals surface area contributed by atoms with Gasteiger partial charge in [0.15, 0.2) is 0 Å². The molecule has 0 unspecified atom stereocenters. The van der Waals surface area contributed by atoms with Gasteiger partial charge in [0, 0.05) is 0 Å². The molecule has 76 valence electrons. The van der Waals surface area contributed by atoms with E-state index in [1.165, 1.54) is 18.2 Å². The number of benzene rings is 1. The Labute approximate surface area is 81.6 Å². The van der Waals surface area contributed by atoms with Crippen molar-refractivity contribution in [2.75, 3.05) is 0 Å². The summed E-state index contributed by atoms with van der Waals surface area (Å²) in [6.45, 7) is 1.74. The Bertz CT molecular complexity index is 463. The first-order valence-electron chi connectivity index (χ1n) is 3.80. The number of hydrogen-bond acceptors (Lipinski definition) is 2. The Hall–Kier alpha value is -1.20. The van der Waals surface area contributed by atoms with Crippen LogP contribution in [0.1, 0.15) is 11.1 Å². The lowest BCUT2D eigenvalue weighted by Gasteiger charge is -2.03. The maximum absolute atomic E-state index is 11.9. The van der Waals surface area contributed by atoms with E-state index in [-0.39, 0.29) is 16.8 Å². The molecule has 0 atom stereocenters. The number of hydrogen-bond donors (Lipinski definition) is 1. The van der Waals surface area contributed by atoms with Crippen LogP contribution in [0.5, 0.6) is 0 Å². The highest BCUT2D eigenvalue weighted by atomic mass is 32.2. The molecule has 1 N–H and O–H groups in total. The Morgan fingerprint density at radius 1 is 1.43 bits per heavy atom. The molecule has 0 aliphatic carbocycles. The highest BCUT2D eigenvalue weighted by Crippen LogP contribution is 2.18. The molecule has 0 aromatic heterocycles. The second-order valence-corrected chi connectivity index (χ2v) is 4.20. The van der Waals surface area contributed by atoms with E-state index in [0.29, 0.717) is 0 Å². The topological polar surface area (TPSA) is 54.4 Å². The summed E-state index contributed by atoms with van der Waals surface area (Å²) in [7, 11) is -4.29. The van der Waals surface area contributed by atoms with Crippen molar-refractivity contribution >= 4 is 16.2 Å². The number of halogens is 1. The molecule has 1 aromatic rings. The zero-order chi connectivity index (χ0) is 10.8. The van der Waals surface area contributed by atoms with Crippen molar-refractivity contribution < 1.29 is 17.4 Å². The third kappa shape index (κ3) is 2.40.